The summed E-state index contributed by atoms with van der Waals surface area (Å²) < 4.78 is 5.41. The first-order valence-corrected chi connectivity index (χ1v) is 14.7. The minimum Gasteiger partial charge on any atom is -0.497 e. The predicted octanol–water partition coefficient (Wildman–Crippen LogP) is 4.38. The van der Waals surface area contributed by atoms with Crippen LogP contribution < -0.4 is 31.3 Å². The lowest BCUT2D eigenvalue weighted by Gasteiger charge is -2.33. The molecule has 0 bridgehead atoms. The maximum Gasteiger partial charge on any atom is 0.226 e. The molecule has 0 spiro atoms. The summed E-state index contributed by atoms with van der Waals surface area (Å²) in [7, 11) is 1.73. The standard InChI is InChI=1S/C29H44N8O/c1-38-25-8-4-5-20(17-25)18-36-15-13-23(14-16-36)32-27-26-28(37(19-31-26)24-6-2-3-7-24)35-29(34-27)33-22-11-9-21(30)10-12-22/h4-5,8,17,21-24,31H,2-3,6-7,9-16,18-19,30H2,1H3,(H2,32,33,34,35). The van der Waals surface area contributed by atoms with Crippen LogP contribution in [0.15, 0.2) is 24.3 Å². The molecule has 1 saturated heterocycles. The van der Waals surface area contributed by atoms with Gasteiger partial charge in [-0.05, 0) is 69.1 Å². The fourth-order valence-corrected chi connectivity index (χ4v) is 6.65. The minimum absolute atomic E-state index is 0.336. The number of piperidine rings is 1. The zero-order valence-corrected chi connectivity index (χ0v) is 22.8. The van der Waals surface area contributed by atoms with Crippen molar-refractivity contribution >= 4 is 23.3 Å². The van der Waals surface area contributed by atoms with Gasteiger partial charge in [0, 0.05) is 43.8 Å². The Labute approximate surface area is 226 Å². The Morgan fingerprint density at radius 1 is 0.974 bits per heavy atom. The van der Waals surface area contributed by atoms with E-state index >= 15 is 0 Å². The summed E-state index contributed by atoms with van der Waals surface area (Å²) in [6.07, 6.45) is 11.6. The smallest absolute Gasteiger partial charge is 0.226 e. The van der Waals surface area contributed by atoms with E-state index in [1.807, 2.05) is 6.07 Å². The molecule has 4 aliphatic rings. The van der Waals surface area contributed by atoms with E-state index in [2.05, 4.69) is 43.9 Å². The van der Waals surface area contributed by atoms with Crippen LogP contribution in [0.5, 0.6) is 5.75 Å². The van der Waals surface area contributed by atoms with Crippen LogP contribution in [0.25, 0.3) is 0 Å². The number of methoxy groups -OCH3 is 1. The largest absolute Gasteiger partial charge is 0.497 e. The molecule has 1 aromatic heterocycles. The van der Waals surface area contributed by atoms with E-state index in [4.69, 9.17) is 20.4 Å². The van der Waals surface area contributed by atoms with Crippen molar-refractivity contribution in [2.45, 2.75) is 94.9 Å². The molecule has 0 amide bonds. The van der Waals surface area contributed by atoms with Gasteiger partial charge in [-0.2, -0.15) is 9.97 Å². The third kappa shape index (κ3) is 5.78. The number of benzene rings is 1. The Bertz CT molecular complexity index is 1070. The van der Waals surface area contributed by atoms with Gasteiger partial charge >= 0.3 is 0 Å². The summed E-state index contributed by atoms with van der Waals surface area (Å²) in [6, 6.07) is 10.1. The molecule has 2 aliphatic heterocycles. The lowest BCUT2D eigenvalue weighted by molar-refractivity contribution is 0.211. The molecule has 2 aromatic rings. The molecule has 2 aliphatic carbocycles. The molecule has 9 nitrogen and oxygen atoms in total. The number of nitrogens with zero attached hydrogens (tertiary/aromatic N) is 4. The Balaban J connectivity index is 1.14. The summed E-state index contributed by atoms with van der Waals surface area (Å²) in [5.74, 6) is 3.71. The second-order valence-corrected chi connectivity index (χ2v) is 11.6. The maximum absolute atomic E-state index is 6.15. The van der Waals surface area contributed by atoms with Gasteiger partial charge < -0.3 is 31.3 Å². The summed E-state index contributed by atoms with van der Waals surface area (Å²) in [5, 5.41) is 11.2. The third-order valence-corrected chi connectivity index (χ3v) is 8.93. The summed E-state index contributed by atoms with van der Waals surface area (Å²) in [5.41, 5.74) is 8.53. The van der Waals surface area contributed by atoms with Gasteiger partial charge in [0.05, 0.1) is 13.8 Å². The highest BCUT2D eigenvalue weighted by Crippen LogP contribution is 2.41. The topological polar surface area (TPSA) is 104 Å². The van der Waals surface area contributed by atoms with Crippen molar-refractivity contribution in [3.8, 4) is 5.75 Å². The second kappa shape index (κ2) is 11.5. The minimum atomic E-state index is 0.336. The zero-order valence-electron chi connectivity index (χ0n) is 22.8. The van der Waals surface area contributed by atoms with Gasteiger partial charge in [-0.25, -0.2) is 0 Å². The van der Waals surface area contributed by atoms with Crippen molar-refractivity contribution in [3.05, 3.63) is 29.8 Å². The number of hydrogen-bond acceptors (Lipinski definition) is 9. The molecule has 0 radical (unpaired) electrons. The third-order valence-electron chi connectivity index (χ3n) is 8.93. The molecule has 6 rings (SSSR count). The number of nitrogens with one attached hydrogen (secondary N) is 3. The fourth-order valence-electron chi connectivity index (χ4n) is 6.65. The number of fused-ring (bicyclic) bond motifs is 1. The first kappa shape index (κ1) is 25.5. The van der Waals surface area contributed by atoms with Crippen LogP contribution in [0.3, 0.4) is 0 Å². The van der Waals surface area contributed by atoms with E-state index < -0.39 is 0 Å². The lowest BCUT2D eigenvalue weighted by Crippen LogP contribution is -2.39. The molecule has 206 valence electrons. The molecule has 0 atom stereocenters. The van der Waals surface area contributed by atoms with E-state index in [1.54, 1.807) is 7.11 Å². The Morgan fingerprint density at radius 3 is 2.50 bits per heavy atom. The van der Waals surface area contributed by atoms with Gasteiger partial charge in [0.25, 0.3) is 0 Å². The first-order chi connectivity index (χ1) is 18.6. The van der Waals surface area contributed by atoms with Gasteiger partial charge in [0.1, 0.15) is 11.4 Å². The number of aromatic nitrogens is 2. The number of nitrogens with two attached hydrogens (primary N) is 1. The second-order valence-electron chi connectivity index (χ2n) is 11.6. The molecular weight excluding hydrogens is 476 g/mol. The molecular formula is C29H44N8O. The van der Waals surface area contributed by atoms with Crippen LogP contribution in [0, 0.1) is 0 Å². The summed E-state index contributed by atoms with van der Waals surface area (Å²) >= 11 is 0. The molecule has 3 heterocycles. The van der Waals surface area contributed by atoms with Gasteiger partial charge in [-0.3, -0.25) is 4.90 Å². The predicted molar refractivity (Wildman–Crippen MR) is 154 cm³/mol. The highest BCUT2D eigenvalue weighted by molar-refractivity contribution is 5.83. The Hall–Kier alpha value is -2.78. The van der Waals surface area contributed by atoms with Crippen molar-refractivity contribution in [1.29, 1.82) is 0 Å². The highest BCUT2D eigenvalue weighted by atomic mass is 16.5. The maximum atomic E-state index is 6.15. The number of rotatable bonds is 8. The SMILES string of the molecule is COc1cccc(CN2CCC(Nc3nc(NC4CCC(N)CC4)nc4c3NCN4C3CCCC3)CC2)c1. The van der Waals surface area contributed by atoms with E-state index in [-0.39, 0.29) is 0 Å². The summed E-state index contributed by atoms with van der Waals surface area (Å²) in [6.45, 7) is 3.92. The van der Waals surface area contributed by atoms with Crippen molar-refractivity contribution in [2.24, 2.45) is 5.73 Å². The van der Waals surface area contributed by atoms with Crippen molar-refractivity contribution < 1.29 is 4.74 Å². The van der Waals surface area contributed by atoms with Crippen LogP contribution in [0.2, 0.25) is 0 Å². The van der Waals surface area contributed by atoms with E-state index in [1.165, 1.54) is 31.2 Å². The normalized spacial score (nSPS) is 24.7. The van der Waals surface area contributed by atoms with Crippen LogP contribution in [-0.2, 0) is 6.54 Å². The van der Waals surface area contributed by atoms with Gasteiger partial charge in [0.2, 0.25) is 5.95 Å². The average molecular weight is 521 g/mol. The van der Waals surface area contributed by atoms with E-state index in [0.717, 1.165) is 93.8 Å². The van der Waals surface area contributed by atoms with E-state index in [9.17, 15) is 0 Å². The molecule has 5 N–H and O–H groups in total. The quantitative estimate of drug-likeness (QED) is 0.404. The molecule has 3 fully saturated rings. The monoisotopic (exact) mass is 520 g/mol. The Kier molecular flexibility index (Phi) is 7.74. The number of hydrogen-bond donors (Lipinski definition) is 4. The average Bonchev–Trinajstić information content (AvgIpc) is 3.62. The molecule has 9 heteroatoms. The van der Waals surface area contributed by atoms with Crippen molar-refractivity contribution in [3.63, 3.8) is 0 Å². The number of ether oxygens (including phenoxy) is 1. The molecule has 0 unspecified atom stereocenters. The molecule has 2 saturated carbocycles. The van der Waals surface area contributed by atoms with Crippen LogP contribution >= 0.6 is 0 Å². The van der Waals surface area contributed by atoms with Gasteiger partial charge in [-0.15, -0.1) is 0 Å². The van der Waals surface area contributed by atoms with Crippen LogP contribution in [0.4, 0.5) is 23.3 Å². The van der Waals surface area contributed by atoms with Gasteiger partial charge in [0.15, 0.2) is 11.6 Å². The molecule has 38 heavy (non-hydrogen) atoms. The number of anilines is 4. The summed E-state index contributed by atoms with van der Waals surface area (Å²) in [4.78, 5) is 15.1. The van der Waals surface area contributed by atoms with Crippen LogP contribution in [-0.4, -0.2) is 65.9 Å². The van der Waals surface area contributed by atoms with Crippen LogP contribution in [0.1, 0.15) is 69.8 Å². The van der Waals surface area contributed by atoms with Crippen molar-refractivity contribution in [1.82, 2.24) is 14.9 Å². The molecule has 1 aromatic carbocycles. The highest BCUT2D eigenvalue weighted by Gasteiger charge is 2.33. The van der Waals surface area contributed by atoms with Crippen molar-refractivity contribution in [2.75, 3.05) is 47.7 Å². The Morgan fingerprint density at radius 2 is 1.74 bits per heavy atom. The van der Waals surface area contributed by atoms with Gasteiger partial charge in [-0.1, -0.05) is 25.0 Å². The van der Waals surface area contributed by atoms with E-state index in [0.29, 0.717) is 24.2 Å². The lowest BCUT2D eigenvalue weighted by atomic mass is 9.92. The number of likely N-dealkylation sites (tertiary alicyclic amines) is 1. The first-order valence-electron chi connectivity index (χ1n) is 14.7. The fraction of sp³-hybridized carbons (Fsp3) is 0.655. The zero-order chi connectivity index (χ0) is 25.9.